The Labute approximate surface area is 244 Å². The number of ether oxygens (including phenoxy) is 4. The van der Waals surface area contributed by atoms with Crippen LogP contribution in [0.25, 0.3) is 11.4 Å². The second kappa shape index (κ2) is 13.9. The van der Waals surface area contributed by atoms with E-state index in [1.165, 1.54) is 0 Å². The third-order valence-corrected chi connectivity index (χ3v) is 6.66. The number of rotatable bonds is 9. The number of nitrogens with one attached hydrogen (secondary N) is 2. The van der Waals surface area contributed by atoms with Gasteiger partial charge in [-0.15, -0.1) is 0 Å². The number of benzene rings is 1. The summed E-state index contributed by atoms with van der Waals surface area (Å²) in [7, 11) is 0. The van der Waals surface area contributed by atoms with Crippen molar-refractivity contribution in [3.8, 4) is 17.1 Å². The van der Waals surface area contributed by atoms with Gasteiger partial charge in [-0.3, -0.25) is 0 Å². The number of hydrogen-bond donors (Lipinski definition) is 2. The lowest BCUT2D eigenvalue weighted by molar-refractivity contribution is 0.0514. The number of carbonyl (C=O) groups is 2. The molecular weight excluding hydrogens is 542 g/mol. The molecule has 2 saturated heterocycles. The molecule has 222 valence electrons. The van der Waals surface area contributed by atoms with Crippen LogP contribution in [-0.2, 0) is 14.2 Å². The second-order valence-corrected chi connectivity index (χ2v) is 9.46. The third-order valence-electron chi connectivity index (χ3n) is 6.66. The molecule has 5 rings (SSSR count). The largest absolute Gasteiger partial charge is 0.488 e. The Balaban J connectivity index is 1.31. The summed E-state index contributed by atoms with van der Waals surface area (Å²) in [6.45, 7) is 9.32. The van der Waals surface area contributed by atoms with Crippen molar-refractivity contribution in [3.05, 3.63) is 48.3 Å². The number of amides is 2. The maximum atomic E-state index is 12.9. The maximum Gasteiger partial charge on any atom is 0.361 e. The summed E-state index contributed by atoms with van der Waals surface area (Å²) in [5, 5.41) is 5.62. The van der Waals surface area contributed by atoms with Crippen LogP contribution in [0.3, 0.4) is 0 Å². The van der Waals surface area contributed by atoms with E-state index in [0.29, 0.717) is 80.5 Å². The van der Waals surface area contributed by atoms with Gasteiger partial charge in [0, 0.05) is 37.4 Å². The van der Waals surface area contributed by atoms with Gasteiger partial charge in [0.25, 0.3) is 0 Å². The van der Waals surface area contributed by atoms with Crippen LogP contribution in [0.4, 0.5) is 27.8 Å². The van der Waals surface area contributed by atoms with E-state index in [9.17, 15) is 9.59 Å². The molecule has 0 aliphatic carbocycles. The van der Waals surface area contributed by atoms with Gasteiger partial charge in [0.2, 0.25) is 0 Å². The van der Waals surface area contributed by atoms with Gasteiger partial charge in [-0.1, -0.05) is 0 Å². The zero-order valence-corrected chi connectivity index (χ0v) is 23.8. The van der Waals surface area contributed by atoms with Crippen LogP contribution in [0.5, 0.6) is 5.75 Å². The molecule has 2 fully saturated rings. The molecule has 4 heterocycles. The smallest absolute Gasteiger partial charge is 0.361 e. The number of urea groups is 1. The standard InChI is InChI=1S/C29H35N7O6/c1-3-41-25-24(28(37)42-4-2)33-26(34-27(25)36-13-17-40-18-14-36)20-5-7-21(8-6-20)31-29(38)32-22-9-10-23(30-19-22)35-11-15-39-16-12-35/h5-10,19H,3-4,11-18H2,1-2H3,(H2,31,32,38). The Kier molecular flexibility index (Phi) is 9.62. The molecule has 42 heavy (non-hydrogen) atoms. The van der Waals surface area contributed by atoms with Crippen molar-refractivity contribution in [2.45, 2.75) is 13.8 Å². The molecule has 13 heteroatoms. The van der Waals surface area contributed by atoms with Crippen LogP contribution >= 0.6 is 0 Å². The average molecular weight is 578 g/mol. The molecule has 2 aliphatic heterocycles. The normalized spacial score (nSPS) is 15.2. The number of esters is 1. The fourth-order valence-corrected chi connectivity index (χ4v) is 4.61. The van der Waals surface area contributed by atoms with Crippen molar-refractivity contribution in [2.24, 2.45) is 0 Å². The lowest BCUT2D eigenvalue weighted by Gasteiger charge is -2.29. The van der Waals surface area contributed by atoms with Crippen molar-refractivity contribution in [3.63, 3.8) is 0 Å². The summed E-state index contributed by atoms with van der Waals surface area (Å²) in [6.07, 6.45) is 1.63. The molecular formula is C29H35N7O6. The fourth-order valence-electron chi connectivity index (χ4n) is 4.61. The molecule has 1 aromatic carbocycles. The molecule has 0 unspecified atom stereocenters. The lowest BCUT2D eigenvalue weighted by Crippen LogP contribution is -2.37. The zero-order valence-electron chi connectivity index (χ0n) is 23.8. The highest BCUT2D eigenvalue weighted by Gasteiger charge is 2.27. The Hall–Kier alpha value is -4.49. The van der Waals surface area contributed by atoms with Crippen molar-refractivity contribution in [2.75, 3.05) is 86.3 Å². The van der Waals surface area contributed by atoms with E-state index in [0.717, 1.165) is 18.9 Å². The number of hydrogen-bond acceptors (Lipinski definition) is 11. The van der Waals surface area contributed by atoms with Crippen molar-refractivity contribution in [1.29, 1.82) is 0 Å². The Bertz CT molecular complexity index is 1360. The van der Waals surface area contributed by atoms with E-state index in [2.05, 4.69) is 25.5 Å². The predicted molar refractivity (Wildman–Crippen MR) is 158 cm³/mol. The van der Waals surface area contributed by atoms with Gasteiger partial charge in [-0.2, -0.15) is 0 Å². The van der Waals surface area contributed by atoms with Crippen LogP contribution in [0.15, 0.2) is 42.6 Å². The van der Waals surface area contributed by atoms with Crippen LogP contribution in [0, 0.1) is 0 Å². The van der Waals surface area contributed by atoms with Gasteiger partial charge < -0.3 is 39.4 Å². The van der Waals surface area contributed by atoms with Crippen LogP contribution < -0.4 is 25.2 Å². The summed E-state index contributed by atoms with van der Waals surface area (Å²) in [4.78, 5) is 43.5. The monoisotopic (exact) mass is 577 g/mol. The Morgan fingerprint density at radius 2 is 1.48 bits per heavy atom. The molecule has 13 nitrogen and oxygen atoms in total. The Morgan fingerprint density at radius 1 is 0.833 bits per heavy atom. The molecule has 0 radical (unpaired) electrons. The fraction of sp³-hybridized carbons (Fsp3) is 0.414. The molecule has 2 N–H and O–H groups in total. The van der Waals surface area contributed by atoms with Crippen LogP contribution in [0.2, 0.25) is 0 Å². The zero-order chi connectivity index (χ0) is 29.3. The van der Waals surface area contributed by atoms with Crippen molar-refractivity contribution in [1.82, 2.24) is 15.0 Å². The highest BCUT2D eigenvalue weighted by atomic mass is 16.5. The molecule has 0 bridgehead atoms. The predicted octanol–water partition coefficient (Wildman–Crippen LogP) is 3.43. The first-order chi connectivity index (χ1) is 20.6. The minimum atomic E-state index is -0.582. The molecule has 0 atom stereocenters. The molecule has 0 saturated carbocycles. The van der Waals surface area contributed by atoms with E-state index in [-0.39, 0.29) is 12.3 Å². The summed E-state index contributed by atoms with van der Waals surface area (Å²) >= 11 is 0. The van der Waals surface area contributed by atoms with Gasteiger partial charge in [-0.05, 0) is 50.2 Å². The summed E-state index contributed by atoms with van der Waals surface area (Å²) < 4.78 is 22.0. The first-order valence-corrected chi connectivity index (χ1v) is 14.1. The molecule has 2 aromatic heterocycles. The number of carbonyl (C=O) groups excluding carboxylic acids is 2. The number of pyridine rings is 1. The first-order valence-electron chi connectivity index (χ1n) is 14.1. The summed E-state index contributed by atoms with van der Waals surface area (Å²) in [5.74, 6) is 1.42. The van der Waals surface area contributed by atoms with Crippen LogP contribution in [0.1, 0.15) is 24.3 Å². The van der Waals surface area contributed by atoms with E-state index >= 15 is 0 Å². The van der Waals surface area contributed by atoms with Crippen molar-refractivity contribution >= 4 is 35.0 Å². The van der Waals surface area contributed by atoms with Gasteiger partial charge in [0.05, 0.1) is 51.5 Å². The van der Waals surface area contributed by atoms with Gasteiger partial charge in [-0.25, -0.2) is 24.5 Å². The Morgan fingerprint density at radius 3 is 2.10 bits per heavy atom. The molecule has 0 spiro atoms. The quantitative estimate of drug-likeness (QED) is 0.362. The van der Waals surface area contributed by atoms with E-state index in [1.807, 2.05) is 24.0 Å². The number of nitrogens with zero attached hydrogens (tertiary/aromatic N) is 5. The number of aromatic nitrogens is 3. The molecule has 3 aromatic rings. The summed E-state index contributed by atoms with van der Waals surface area (Å²) in [5.41, 5.74) is 1.87. The minimum absolute atomic E-state index is 0.0695. The minimum Gasteiger partial charge on any atom is -0.488 e. The van der Waals surface area contributed by atoms with Crippen molar-refractivity contribution < 1.29 is 28.5 Å². The second-order valence-electron chi connectivity index (χ2n) is 9.46. The van der Waals surface area contributed by atoms with E-state index in [4.69, 9.17) is 23.9 Å². The number of anilines is 4. The van der Waals surface area contributed by atoms with E-state index in [1.54, 1.807) is 37.4 Å². The average Bonchev–Trinajstić information content (AvgIpc) is 3.03. The SMILES string of the molecule is CCOC(=O)c1nc(-c2ccc(NC(=O)Nc3ccc(N4CCOCC4)nc3)cc2)nc(N2CCOCC2)c1OCC. The highest BCUT2D eigenvalue weighted by molar-refractivity contribution is 5.99. The topological polar surface area (TPSA) is 140 Å². The molecule has 2 amide bonds. The highest BCUT2D eigenvalue weighted by Crippen LogP contribution is 2.33. The number of morpholine rings is 2. The van der Waals surface area contributed by atoms with Crippen LogP contribution in [-0.4, -0.2) is 92.8 Å². The third kappa shape index (κ3) is 7.04. The van der Waals surface area contributed by atoms with E-state index < -0.39 is 12.0 Å². The van der Waals surface area contributed by atoms with Gasteiger partial charge >= 0.3 is 12.0 Å². The first kappa shape index (κ1) is 29.0. The summed E-state index contributed by atoms with van der Waals surface area (Å²) in [6, 6.07) is 10.3. The lowest BCUT2D eigenvalue weighted by atomic mass is 10.2. The van der Waals surface area contributed by atoms with Gasteiger partial charge in [0.15, 0.2) is 23.1 Å². The van der Waals surface area contributed by atoms with Gasteiger partial charge in [0.1, 0.15) is 5.82 Å². The molecule has 2 aliphatic rings. The maximum absolute atomic E-state index is 12.9.